The number of carbonyl (C=O) groups excluding carboxylic acids is 2. The van der Waals surface area contributed by atoms with Gasteiger partial charge in [0.05, 0.1) is 17.4 Å². The van der Waals surface area contributed by atoms with E-state index in [-0.39, 0.29) is 18.6 Å². The van der Waals surface area contributed by atoms with Crippen LogP contribution < -0.4 is 5.32 Å². The van der Waals surface area contributed by atoms with Crippen LogP contribution >= 0.6 is 0 Å². The van der Waals surface area contributed by atoms with E-state index in [4.69, 9.17) is 9.84 Å². The molecule has 1 aliphatic rings. The van der Waals surface area contributed by atoms with E-state index in [1.165, 1.54) is 0 Å². The fraction of sp³-hybridized carbons (Fsp3) is 0.281. The summed E-state index contributed by atoms with van der Waals surface area (Å²) in [5, 5.41) is 7.76. The molecule has 0 unspecified atom stereocenters. The highest BCUT2D eigenvalue weighted by atomic mass is 16.5. The van der Waals surface area contributed by atoms with Crippen molar-refractivity contribution >= 4 is 12.0 Å². The lowest BCUT2D eigenvalue weighted by Gasteiger charge is -2.33. The lowest BCUT2D eigenvalue weighted by molar-refractivity contribution is -0.132. The Morgan fingerprint density at radius 1 is 0.846 bits per heavy atom. The van der Waals surface area contributed by atoms with Gasteiger partial charge in [0.1, 0.15) is 6.61 Å². The molecule has 0 radical (unpaired) electrons. The van der Waals surface area contributed by atoms with E-state index in [9.17, 15) is 9.59 Å². The van der Waals surface area contributed by atoms with Crippen LogP contribution in [0.4, 0.5) is 4.79 Å². The molecule has 1 fully saturated rings. The second-order valence-corrected chi connectivity index (χ2v) is 9.80. The quantitative estimate of drug-likeness (QED) is 0.270. The summed E-state index contributed by atoms with van der Waals surface area (Å²) in [7, 11) is 0. The number of benzene rings is 3. The summed E-state index contributed by atoms with van der Waals surface area (Å²) in [5.74, 6) is 0.127. The maximum Gasteiger partial charge on any atom is 0.407 e. The van der Waals surface area contributed by atoms with Gasteiger partial charge in [-0.15, -0.1) is 0 Å². The lowest BCUT2D eigenvalue weighted by Crippen LogP contribution is -2.39. The zero-order valence-corrected chi connectivity index (χ0v) is 22.0. The molecular formula is C32H34N4O3. The second kappa shape index (κ2) is 12.9. The first-order valence-corrected chi connectivity index (χ1v) is 13.6. The van der Waals surface area contributed by atoms with Crippen molar-refractivity contribution in [3.8, 4) is 22.5 Å². The van der Waals surface area contributed by atoms with Crippen LogP contribution in [0.3, 0.4) is 0 Å². The van der Waals surface area contributed by atoms with E-state index in [1.54, 1.807) is 0 Å². The Hall–Kier alpha value is -4.39. The van der Waals surface area contributed by atoms with E-state index in [2.05, 4.69) is 40.3 Å². The third kappa shape index (κ3) is 6.93. The van der Waals surface area contributed by atoms with Crippen LogP contribution in [0.5, 0.6) is 0 Å². The van der Waals surface area contributed by atoms with Crippen molar-refractivity contribution < 1.29 is 14.3 Å². The van der Waals surface area contributed by atoms with Crippen LogP contribution in [0.15, 0.2) is 97.1 Å². The Morgan fingerprint density at radius 3 is 2.13 bits per heavy atom. The van der Waals surface area contributed by atoms with Crippen molar-refractivity contribution in [1.82, 2.24) is 20.0 Å². The molecule has 5 rings (SSSR count). The first kappa shape index (κ1) is 26.2. The van der Waals surface area contributed by atoms with Crippen molar-refractivity contribution in [3.63, 3.8) is 0 Å². The maximum atomic E-state index is 12.8. The first-order chi connectivity index (χ1) is 19.2. The molecule has 4 aromatic rings. The highest BCUT2D eigenvalue weighted by molar-refractivity contribution is 5.76. The first-order valence-electron chi connectivity index (χ1n) is 13.6. The van der Waals surface area contributed by atoms with Gasteiger partial charge in [-0.1, -0.05) is 91.0 Å². The minimum Gasteiger partial charge on any atom is -0.445 e. The number of hydrogen-bond donors (Lipinski definition) is 1. The molecule has 0 aliphatic carbocycles. The smallest absolute Gasteiger partial charge is 0.407 e. The number of rotatable bonds is 9. The normalized spacial score (nSPS) is 13.7. The Balaban J connectivity index is 1.11. The molecule has 7 nitrogen and oxygen atoms in total. The molecule has 2 heterocycles. The monoisotopic (exact) mass is 522 g/mol. The molecule has 200 valence electrons. The minimum atomic E-state index is -0.463. The van der Waals surface area contributed by atoms with Crippen LogP contribution in [-0.2, 0) is 16.1 Å². The summed E-state index contributed by atoms with van der Waals surface area (Å²) < 4.78 is 7.38. The lowest BCUT2D eigenvalue weighted by atomic mass is 10.0. The number of nitrogens with one attached hydrogen (secondary N) is 1. The summed E-state index contributed by atoms with van der Waals surface area (Å²) in [6.45, 7) is 2.04. The van der Waals surface area contributed by atoms with E-state index >= 15 is 0 Å². The average molecular weight is 523 g/mol. The number of ether oxygens (including phenoxy) is 1. The Bertz CT molecular complexity index is 1350. The third-order valence-corrected chi connectivity index (χ3v) is 7.09. The summed E-state index contributed by atoms with van der Waals surface area (Å²) in [6, 6.07) is 32.5. The Kier molecular flexibility index (Phi) is 8.68. The van der Waals surface area contributed by atoms with Crippen molar-refractivity contribution in [1.29, 1.82) is 0 Å². The SMILES string of the molecule is O=C(NCCCC(=O)N1CCC(n2nc(-c3ccccc3)cc2-c2ccccc2)CC1)OCc1ccccc1. The molecule has 2 amide bonds. The third-order valence-electron chi connectivity index (χ3n) is 7.09. The van der Waals surface area contributed by atoms with Gasteiger partial charge >= 0.3 is 6.09 Å². The number of piperidine rings is 1. The Labute approximate surface area is 229 Å². The summed E-state index contributed by atoms with van der Waals surface area (Å²) in [4.78, 5) is 26.7. The fourth-order valence-electron chi connectivity index (χ4n) is 4.97. The van der Waals surface area contributed by atoms with Gasteiger partial charge in [0.2, 0.25) is 5.91 Å². The number of amides is 2. The number of carbonyl (C=O) groups is 2. The molecule has 0 bridgehead atoms. The van der Waals surface area contributed by atoms with Crippen LogP contribution in [0.25, 0.3) is 22.5 Å². The second-order valence-electron chi connectivity index (χ2n) is 9.80. The number of likely N-dealkylation sites (tertiary alicyclic amines) is 1. The molecule has 3 aromatic carbocycles. The van der Waals surface area contributed by atoms with Crippen LogP contribution in [0.1, 0.15) is 37.3 Å². The predicted octanol–water partition coefficient (Wildman–Crippen LogP) is 6.09. The molecule has 1 N–H and O–H groups in total. The van der Waals surface area contributed by atoms with Crippen molar-refractivity contribution in [2.45, 2.75) is 38.3 Å². The summed E-state index contributed by atoms with van der Waals surface area (Å²) in [5.41, 5.74) is 5.24. The molecule has 1 aliphatic heterocycles. The van der Waals surface area contributed by atoms with E-state index in [1.807, 2.05) is 71.6 Å². The zero-order chi connectivity index (χ0) is 26.9. The number of alkyl carbamates (subject to hydrolysis) is 1. The standard InChI is InChI=1S/C32H34N4O3/c37-31(17-10-20-33-32(38)39-24-25-11-4-1-5-12-25)35-21-18-28(19-22-35)36-30(27-15-8-3-9-16-27)23-29(34-36)26-13-6-2-7-14-26/h1-9,11-16,23,28H,10,17-22,24H2,(H,33,38). The number of aromatic nitrogens is 2. The highest BCUT2D eigenvalue weighted by Crippen LogP contribution is 2.32. The van der Waals surface area contributed by atoms with Gasteiger partial charge in [0.15, 0.2) is 0 Å². The van der Waals surface area contributed by atoms with Crippen LogP contribution in [0.2, 0.25) is 0 Å². The molecule has 39 heavy (non-hydrogen) atoms. The van der Waals surface area contributed by atoms with Gasteiger partial charge < -0.3 is 15.0 Å². The van der Waals surface area contributed by atoms with E-state index < -0.39 is 6.09 Å². The van der Waals surface area contributed by atoms with Crippen LogP contribution in [0, 0.1) is 0 Å². The molecule has 0 spiro atoms. The van der Waals surface area contributed by atoms with Crippen molar-refractivity contribution in [2.24, 2.45) is 0 Å². The van der Waals surface area contributed by atoms with Gasteiger partial charge in [0, 0.05) is 31.6 Å². The predicted molar refractivity (Wildman–Crippen MR) is 152 cm³/mol. The minimum absolute atomic E-state index is 0.127. The van der Waals surface area contributed by atoms with Gasteiger partial charge in [0.25, 0.3) is 0 Å². The summed E-state index contributed by atoms with van der Waals surface area (Å²) >= 11 is 0. The largest absolute Gasteiger partial charge is 0.445 e. The number of nitrogens with zero attached hydrogens (tertiary/aromatic N) is 3. The molecule has 7 heteroatoms. The fourth-order valence-corrected chi connectivity index (χ4v) is 4.97. The topological polar surface area (TPSA) is 76.5 Å². The molecule has 1 saturated heterocycles. The van der Waals surface area contributed by atoms with Gasteiger partial charge in [-0.25, -0.2) is 4.79 Å². The molecule has 0 saturated carbocycles. The maximum absolute atomic E-state index is 12.8. The van der Waals surface area contributed by atoms with Gasteiger partial charge in [-0.05, 0) is 36.5 Å². The Morgan fingerprint density at radius 2 is 1.46 bits per heavy atom. The van der Waals surface area contributed by atoms with Crippen LogP contribution in [-0.4, -0.2) is 46.3 Å². The molecule has 1 aromatic heterocycles. The van der Waals surface area contributed by atoms with Crippen molar-refractivity contribution in [2.75, 3.05) is 19.6 Å². The van der Waals surface area contributed by atoms with Gasteiger partial charge in [-0.3, -0.25) is 9.48 Å². The zero-order valence-electron chi connectivity index (χ0n) is 22.0. The molecule has 0 atom stereocenters. The van der Waals surface area contributed by atoms with Gasteiger partial charge in [-0.2, -0.15) is 5.10 Å². The highest BCUT2D eigenvalue weighted by Gasteiger charge is 2.26. The molecular weight excluding hydrogens is 488 g/mol. The number of hydrogen-bond acceptors (Lipinski definition) is 4. The van der Waals surface area contributed by atoms with Crippen molar-refractivity contribution in [3.05, 3.63) is 103 Å². The average Bonchev–Trinajstić information content (AvgIpc) is 3.45. The summed E-state index contributed by atoms with van der Waals surface area (Å²) in [6.07, 6.45) is 2.22. The van der Waals surface area contributed by atoms with E-state index in [0.29, 0.717) is 32.5 Å². The van der Waals surface area contributed by atoms with E-state index in [0.717, 1.165) is 40.9 Å².